The van der Waals surface area contributed by atoms with E-state index in [-0.39, 0.29) is 35.9 Å². The summed E-state index contributed by atoms with van der Waals surface area (Å²) in [7, 11) is 0. The fraction of sp³-hybridized carbons (Fsp3) is 0.520. The maximum atomic E-state index is 12.8. The number of anilines is 1. The fourth-order valence-electron chi connectivity index (χ4n) is 5.13. The maximum absolute atomic E-state index is 12.8. The van der Waals surface area contributed by atoms with Crippen molar-refractivity contribution in [3.8, 4) is 5.69 Å². The van der Waals surface area contributed by atoms with Gasteiger partial charge in [0.15, 0.2) is 5.78 Å². The molecule has 0 saturated heterocycles. The van der Waals surface area contributed by atoms with E-state index in [4.69, 9.17) is 16.2 Å². The Balaban J connectivity index is 1.60. The fourth-order valence-corrected chi connectivity index (χ4v) is 5.13. The molecule has 1 heterocycles. The predicted molar refractivity (Wildman–Crippen MR) is 128 cm³/mol. The van der Waals surface area contributed by atoms with Crippen molar-refractivity contribution in [1.82, 2.24) is 9.78 Å². The number of rotatable bonds is 6. The Morgan fingerprint density at radius 2 is 1.91 bits per heavy atom. The number of fused-ring (bicyclic) bond motifs is 1. The molecule has 0 spiro atoms. The number of nitrogens with one attached hydrogen (secondary N) is 1. The Morgan fingerprint density at radius 3 is 2.56 bits per heavy atom. The van der Waals surface area contributed by atoms with E-state index in [0.29, 0.717) is 28.9 Å². The van der Waals surface area contributed by atoms with Crippen molar-refractivity contribution in [2.75, 3.05) is 11.9 Å². The first-order valence-electron chi connectivity index (χ1n) is 11.8. The molecule has 5 N–H and O–H groups in total. The predicted octanol–water partition coefficient (Wildman–Crippen LogP) is 2.66. The smallest absolute Gasteiger partial charge is 0.319 e. The lowest BCUT2D eigenvalue weighted by Gasteiger charge is -2.30. The lowest BCUT2D eigenvalue weighted by Crippen LogP contribution is -2.33. The van der Waals surface area contributed by atoms with Gasteiger partial charge in [-0.15, -0.1) is 0 Å². The van der Waals surface area contributed by atoms with Crippen molar-refractivity contribution in [2.45, 2.75) is 71.4 Å². The van der Waals surface area contributed by atoms with Crippen LogP contribution >= 0.6 is 0 Å². The zero-order chi connectivity index (χ0) is 24.6. The highest BCUT2D eigenvalue weighted by Crippen LogP contribution is 2.37. The molecule has 9 nitrogen and oxygen atoms in total. The second-order valence-corrected chi connectivity index (χ2v) is 10.2. The lowest BCUT2D eigenvalue weighted by atomic mass is 9.75. The maximum Gasteiger partial charge on any atom is 0.319 e. The van der Waals surface area contributed by atoms with Crippen LogP contribution in [0.2, 0.25) is 0 Å². The number of aromatic nitrogens is 2. The molecule has 1 aromatic carbocycles. The first kappa shape index (κ1) is 23.9. The summed E-state index contributed by atoms with van der Waals surface area (Å²) in [6.07, 6.45) is 4.11. The third-order valence-electron chi connectivity index (χ3n) is 6.73. The molecule has 2 aromatic rings. The van der Waals surface area contributed by atoms with Gasteiger partial charge in [0, 0.05) is 18.2 Å². The number of nitrogens with two attached hydrogens (primary N) is 2. The van der Waals surface area contributed by atoms with Crippen molar-refractivity contribution < 1.29 is 19.1 Å². The van der Waals surface area contributed by atoms with Gasteiger partial charge in [-0.25, -0.2) is 4.68 Å². The minimum atomic E-state index is -0.519. The molecule has 4 rings (SSSR count). The van der Waals surface area contributed by atoms with E-state index in [1.807, 2.05) is 23.7 Å². The first-order chi connectivity index (χ1) is 16.1. The summed E-state index contributed by atoms with van der Waals surface area (Å²) in [6, 6.07) is 5.50. The lowest BCUT2D eigenvalue weighted by molar-refractivity contribution is -0.148. The Kier molecular flexibility index (Phi) is 6.49. The molecule has 2 aliphatic rings. The normalized spacial score (nSPS) is 21.6. The van der Waals surface area contributed by atoms with Crippen molar-refractivity contribution in [2.24, 2.45) is 16.9 Å². The third-order valence-corrected chi connectivity index (χ3v) is 6.73. The third kappa shape index (κ3) is 4.84. The van der Waals surface area contributed by atoms with Gasteiger partial charge < -0.3 is 21.5 Å². The number of primary amides is 1. The minimum Gasteiger partial charge on any atom is -0.461 e. The largest absolute Gasteiger partial charge is 0.461 e. The Morgan fingerprint density at radius 1 is 1.21 bits per heavy atom. The number of ketones is 1. The second-order valence-electron chi connectivity index (χ2n) is 10.2. The molecule has 1 saturated carbocycles. The number of amides is 1. The molecule has 0 bridgehead atoms. The zero-order valence-electron chi connectivity index (χ0n) is 20.0. The monoisotopic (exact) mass is 467 g/mol. The van der Waals surface area contributed by atoms with Gasteiger partial charge in [-0.3, -0.25) is 14.4 Å². The van der Waals surface area contributed by atoms with Crippen LogP contribution in [0.25, 0.3) is 5.69 Å². The SMILES string of the molecule is Cc1nn(-c2ccc(C(N)=O)c(N[C@H]3CC[C@H](OC(=O)CN)CC3)c2)c2c1C(=O)CC(C)(C)C2. The van der Waals surface area contributed by atoms with Crippen LogP contribution in [0.3, 0.4) is 0 Å². The molecule has 182 valence electrons. The van der Waals surface area contributed by atoms with E-state index < -0.39 is 5.91 Å². The number of nitrogens with zero attached hydrogens (tertiary/aromatic N) is 2. The molecular weight excluding hydrogens is 434 g/mol. The Labute approximate surface area is 199 Å². The molecule has 1 fully saturated rings. The average Bonchev–Trinajstić information content (AvgIpc) is 3.09. The number of Topliss-reactive ketones (excluding diaryl/α,β-unsaturated/α-hetero) is 1. The molecule has 0 unspecified atom stereocenters. The number of aryl methyl sites for hydroxylation is 1. The van der Waals surface area contributed by atoms with E-state index in [1.165, 1.54) is 0 Å². The number of ether oxygens (including phenoxy) is 1. The first-order valence-corrected chi connectivity index (χ1v) is 11.8. The zero-order valence-corrected chi connectivity index (χ0v) is 20.0. The molecule has 34 heavy (non-hydrogen) atoms. The van der Waals surface area contributed by atoms with Gasteiger partial charge >= 0.3 is 5.97 Å². The Bertz CT molecular complexity index is 1130. The molecular formula is C25H33N5O4. The van der Waals surface area contributed by atoms with E-state index in [2.05, 4.69) is 24.3 Å². The summed E-state index contributed by atoms with van der Waals surface area (Å²) in [6.45, 7) is 5.92. The van der Waals surface area contributed by atoms with Gasteiger partial charge in [-0.05, 0) is 62.6 Å². The number of esters is 1. The summed E-state index contributed by atoms with van der Waals surface area (Å²) in [5.41, 5.74) is 15.0. The van der Waals surface area contributed by atoms with Gasteiger partial charge in [0.1, 0.15) is 6.10 Å². The second kappa shape index (κ2) is 9.21. The van der Waals surface area contributed by atoms with Crippen LogP contribution < -0.4 is 16.8 Å². The highest BCUT2D eigenvalue weighted by atomic mass is 16.5. The van der Waals surface area contributed by atoms with E-state index in [9.17, 15) is 14.4 Å². The summed E-state index contributed by atoms with van der Waals surface area (Å²) in [5, 5.41) is 8.15. The van der Waals surface area contributed by atoms with Crippen molar-refractivity contribution in [3.63, 3.8) is 0 Å². The highest BCUT2D eigenvalue weighted by Gasteiger charge is 2.36. The number of hydrogen-bond donors (Lipinski definition) is 3. The van der Waals surface area contributed by atoms with E-state index in [0.717, 1.165) is 43.5 Å². The standard InChI is InChI=1S/C25H33N5O4/c1-14-23-20(11-25(2,3)12-21(23)31)30(29-14)16-6-9-18(24(27)33)19(10-16)28-15-4-7-17(8-5-15)34-22(32)13-26/h6,9-10,15,17,28H,4-5,7-8,11-13,26H2,1-3H3,(H2,27,33)/t15-,17-. The van der Waals surface area contributed by atoms with Gasteiger partial charge in [-0.1, -0.05) is 13.8 Å². The van der Waals surface area contributed by atoms with Crippen LogP contribution in [0.15, 0.2) is 18.2 Å². The van der Waals surface area contributed by atoms with E-state index in [1.54, 1.807) is 6.07 Å². The number of hydrogen-bond acceptors (Lipinski definition) is 7. The van der Waals surface area contributed by atoms with Crippen LogP contribution in [0, 0.1) is 12.3 Å². The van der Waals surface area contributed by atoms with Crippen LogP contribution in [0.5, 0.6) is 0 Å². The van der Waals surface area contributed by atoms with Crippen molar-refractivity contribution >= 4 is 23.3 Å². The quantitative estimate of drug-likeness (QED) is 0.554. The average molecular weight is 468 g/mol. The summed E-state index contributed by atoms with van der Waals surface area (Å²) >= 11 is 0. The van der Waals surface area contributed by atoms with Crippen LogP contribution in [0.1, 0.15) is 78.1 Å². The van der Waals surface area contributed by atoms with Gasteiger partial charge in [0.05, 0.1) is 34.7 Å². The summed E-state index contributed by atoms with van der Waals surface area (Å²) in [5.74, 6) is -0.788. The molecule has 0 atom stereocenters. The highest BCUT2D eigenvalue weighted by molar-refractivity contribution is 6.00. The number of benzene rings is 1. The molecule has 0 aliphatic heterocycles. The van der Waals surface area contributed by atoms with Crippen molar-refractivity contribution in [3.05, 3.63) is 40.7 Å². The van der Waals surface area contributed by atoms with Gasteiger partial charge in [0.2, 0.25) is 0 Å². The van der Waals surface area contributed by atoms with E-state index >= 15 is 0 Å². The molecule has 2 aliphatic carbocycles. The van der Waals surface area contributed by atoms with Gasteiger partial charge in [-0.2, -0.15) is 5.10 Å². The minimum absolute atomic E-state index is 0.106. The molecule has 0 radical (unpaired) electrons. The van der Waals surface area contributed by atoms with Crippen molar-refractivity contribution in [1.29, 1.82) is 0 Å². The molecule has 1 aromatic heterocycles. The van der Waals surface area contributed by atoms with Crippen LogP contribution in [-0.4, -0.2) is 46.1 Å². The van der Waals surface area contributed by atoms with Crippen LogP contribution in [-0.2, 0) is 16.0 Å². The molecule has 9 heteroatoms. The number of carbonyl (C=O) groups is 3. The van der Waals surface area contributed by atoms with Gasteiger partial charge in [0.25, 0.3) is 5.91 Å². The number of carbonyl (C=O) groups excluding carboxylic acids is 3. The topological polar surface area (TPSA) is 142 Å². The van der Waals surface area contributed by atoms with Crippen LogP contribution in [0.4, 0.5) is 5.69 Å². The Hall–Kier alpha value is -3.20. The summed E-state index contributed by atoms with van der Waals surface area (Å²) < 4.78 is 7.18. The summed E-state index contributed by atoms with van der Waals surface area (Å²) in [4.78, 5) is 36.4. The molecule has 1 amide bonds.